The van der Waals surface area contributed by atoms with Crippen LogP contribution in [0.3, 0.4) is 0 Å². The quantitative estimate of drug-likeness (QED) is 0.0765. The summed E-state index contributed by atoms with van der Waals surface area (Å²) in [6.07, 6.45) is 4.64. The van der Waals surface area contributed by atoms with Gasteiger partial charge in [-0.1, -0.05) is 121 Å². The van der Waals surface area contributed by atoms with Gasteiger partial charge in [-0.15, -0.1) is 0 Å². The number of carboxylic acid groups (broad SMARTS) is 1. The van der Waals surface area contributed by atoms with Gasteiger partial charge in [-0.05, 0) is 67.3 Å². The van der Waals surface area contributed by atoms with E-state index in [0.717, 1.165) is 30.4 Å². The first-order valence-corrected chi connectivity index (χ1v) is 23.6. The highest BCUT2D eigenvalue weighted by molar-refractivity contribution is 6.77. The zero-order valence-corrected chi connectivity index (χ0v) is 37.1. The molecule has 2 heterocycles. The van der Waals surface area contributed by atoms with Crippen LogP contribution in [0.4, 0.5) is 0 Å². The maximum atomic E-state index is 14.1. The Morgan fingerprint density at radius 1 is 0.810 bits per heavy atom. The standard InChI is InChI=1S/C45H70N4O8Si/c1-30(2)58(31(3)4,32(5)6)55-29-40-39(56-45(7,8)57-40)25-17-11-16-23-35(46)41(50)47-36(27-33-19-12-9-13-20-33)42(51)48-37(28-34-21-14-10-15-22-34)43(52)49-26-18-24-38(49)44(53)54/h9-10,12-15,19-22,30-32,35-40H,11,16-18,23-29,46H2,1-8H3,(H,47,50)(H,48,51)(H,53,54)/t35-,36-,37-,38+,39-,40-/m0/s1. The first kappa shape index (κ1) is 47.1. The number of ether oxygens (including phenoxy) is 2. The van der Waals surface area contributed by atoms with E-state index in [1.807, 2.05) is 74.5 Å². The van der Waals surface area contributed by atoms with Gasteiger partial charge in [-0.3, -0.25) is 14.4 Å². The molecule has 0 aromatic heterocycles. The Bertz CT molecular complexity index is 1600. The molecule has 0 saturated carbocycles. The fraction of sp³-hybridized carbons (Fsp3) is 0.644. The molecule has 2 aliphatic heterocycles. The largest absolute Gasteiger partial charge is 0.480 e. The number of rotatable bonds is 22. The van der Waals surface area contributed by atoms with Crippen molar-refractivity contribution in [2.24, 2.45) is 5.73 Å². The second-order valence-corrected chi connectivity index (χ2v) is 23.1. The summed E-state index contributed by atoms with van der Waals surface area (Å²) in [4.78, 5) is 54.8. The molecule has 3 amide bonds. The monoisotopic (exact) mass is 822 g/mol. The normalized spacial score (nSPS) is 21.0. The molecule has 4 rings (SSSR count). The molecule has 2 saturated heterocycles. The average molecular weight is 823 g/mol. The van der Waals surface area contributed by atoms with Crippen molar-refractivity contribution in [2.45, 2.75) is 172 Å². The van der Waals surface area contributed by atoms with Crippen molar-refractivity contribution in [3.8, 4) is 0 Å². The third-order valence-corrected chi connectivity index (χ3v) is 18.0. The number of carbonyl (C=O) groups excluding carboxylic acids is 3. The van der Waals surface area contributed by atoms with Crippen LogP contribution in [-0.2, 0) is 45.9 Å². The van der Waals surface area contributed by atoms with Crippen molar-refractivity contribution in [3.63, 3.8) is 0 Å². The molecule has 0 bridgehead atoms. The van der Waals surface area contributed by atoms with Crippen LogP contribution in [0.5, 0.6) is 0 Å². The lowest BCUT2D eigenvalue weighted by Gasteiger charge is -2.42. The summed E-state index contributed by atoms with van der Waals surface area (Å²) in [5.74, 6) is -3.21. The van der Waals surface area contributed by atoms with Crippen LogP contribution in [-0.4, -0.2) is 97.3 Å². The van der Waals surface area contributed by atoms with Crippen molar-refractivity contribution < 1.29 is 38.2 Å². The summed E-state index contributed by atoms with van der Waals surface area (Å²) < 4.78 is 19.6. The first-order chi connectivity index (χ1) is 27.4. The third-order valence-electron chi connectivity index (χ3n) is 12.0. The molecule has 0 spiro atoms. The number of hydrogen-bond acceptors (Lipinski definition) is 8. The second-order valence-electron chi connectivity index (χ2n) is 17.6. The van der Waals surface area contributed by atoms with Crippen LogP contribution in [0.1, 0.15) is 111 Å². The zero-order chi connectivity index (χ0) is 42.6. The number of nitrogens with zero attached hydrogens (tertiary/aromatic N) is 1. The fourth-order valence-corrected chi connectivity index (χ4v) is 14.6. The molecule has 6 atom stereocenters. The fourth-order valence-electron chi connectivity index (χ4n) is 9.19. The Kier molecular flexibility index (Phi) is 17.5. The highest BCUT2D eigenvalue weighted by atomic mass is 28.4. The van der Waals surface area contributed by atoms with Crippen LogP contribution in [0.25, 0.3) is 0 Å². The van der Waals surface area contributed by atoms with E-state index in [-0.39, 0.29) is 25.0 Å². The number of likely N-dealkylation sites (tertiary alicyclic amines) is 1. The topological polar surface area (TPSA) is 170 Å². The molecule has 0 radical (unpaired) electrons. The van der Waals surface area contributed by atoms with Gasteiger partial charge in [0, 0.05) is 19.4 Å². The molecule has 2 fully saturated rings. The van der Waals surface area contributed by atoms with Crippen LogP contribution in [0.2, 0.25) is 16.6 Å². The molecule has 2 aliphatic rings. The molecule has 13 heteroatoms. The van der Waals surface area contributed by atoms with E-state index in [0.29, 0.717) is 55.5 Å². The lowest BCUT2D eigenvalue weighted by atomic mass is 10.0. The Balaban J connectivity index is 1.36. The molecule has 5 N–H and O–H groups in total. The van der Waals surface area contributed by atoms with E-state index in [9.17, 15) is 24.3 Å². The molecule has 2 aromatic carbocycles. The first-order valence-electron chi connectivity index (χ1n) is 21.4. The molecular formula is C45H70N4O8Si. The van der Waals surface area contributed by atoms with Crippen LogP contribution < -0.4 is 16.4 Å². The van der Waals surface area contributed by atoms with Gasteiger partial charge in [0.2, 0.25) is 17.7 Å². The van der Waals surface area contributed by atoms with Crippen molar-refractivity contribution in [2.75, 3.05) is 13.2 Å². The molecule has 12 nitrogen and oxygen atoms in total. The maximum absolute atomic E-state index is 14.1. The summed E-state index contributed by atoms with van der Waals surface area (Å²) in [6.45, 7) is 18.4. The number of benzene rings is 2. The molecule has 322 valence electrons. The van der Waals surface area contributed by atoms with Gasteiger partial charge in [0.1, 0.15) is 24.2 Å². The molecule has 0 aliphatic carbocycles. The van der Waals surface area contributed by atoms with Gasteiger partial charge in [0.05, 0.1) is 18.8 Å². The van der Waals surface area contributed by atoms with Gasteiger partial charge in [0.15, 0.2) is 14.1 Å². The summed E-state index contributed by atoms with van der Waals surface area (Å²) in [7, 11) is -2.07. The Morgan fingerprint density at radius 3 is 1.90 bits per heavy atom. The third kappa shape index (κ3) is 12.7. The van der Waals surface area contributed by atoms with E-state index in [1.54, 1.807) is 0 Å². The summed E-state index contributed by atoms with van der Waals surface area (Å²) >= 11 is 0. The molecule has 2 aromatic rings. The van der Waals surface area contributed by atoms with E-state index >= 15 is 0 Å². The minimum absolute atomic E-state index is 0.0968. The van der Waals surface area contributed by atoms with Gasteiger partial charge >= 0.3 is 5.97 Å². The number of hydrogen-bond donors (Lipinski definition) is 4. The van der Waals surface area contributed by atoms with E-state index < -0.39 is 62.0 Å². The Morgan fingerprint density at radius 2 is 1.34 bits per heavy atom. The predicted octanol–water partition coefficient (Wildman–Crippen LogP) is 6.51. The molecule has 58 heavy (non-hydrogen) atoms. The Labute approximate surface area is 347 Å². The molecular weight excluding hydrogens is 753 g/mol. The van der Waals surface area contributed by atoms with E-state index in [1.165, 1.54) is 4.90 Å². The lowest BCUT2D eigenvalue weighted by Crippen LogP contribution is -2.58. The minimum atomic E-state index is -2.07. The van der Waals surface area contributed by atoms with Crippen molar-refractivity contribution in [1.82, 2.24) is 15.5 Å². The van der Waals surface area contributed by atoms with E-state index in [4.69, 9.17) is 19.6 Å². The highest BCUT2D eigenvalue weighted by Gasteiger charge is 2.48. The number of nitrogens with two attached hydrogens (primary N) is 1. The number of carboxylic acids is 1. The van der Waals surface area contributed by atoms with Crippen LogP contribution in [0.15, 0.2) is 60.7 Å². The van der Waals surface area contributed by atoms with E-state index in [2.05, 4.69) is 52.2 Å². The lowest BCUT2D eigenvalue weighted by molar-refractivity contribution is -0.149. The van der Waals surface area contributed by atoms with Gasteiger partial charge < -0.3 is 40.3 Å². The number of nitrogens with one attached hydrogen (secondary N) is 2. The minimum Gasteiger partial charge on any atom is -0.480 e. The van der Waals surface area contributed by atoms with Gasteiger partial charge in [-0.2, -0.15) is 0 Å². The number of amides is 3. The summed E-state index contributed by atoms with van der Waals surface area (Å²) in [5.41, 5.74) is 9.48. The van der Waals surface area contributed by atoms with Crippen LogP contribution in [0, 0.1) is 0 Å². The number of carbonyl (C=O) groups is 4. The number of aliphatic carboxylic acids is 1. The average Bonchev–Trinajstić information content (AvgIpc) is 3.78. The predicted molar refractivity (Wildman–Crippen MR) is 228 cm³/mol. The van der Waals surface area contributed by atoms with Gasteiger partial charge in [0.25, 0.3) is 0 Å². The van der Waals surface area contributed by atoms with Crippen molar-refractivity contribution >= 4 is 32.0 Å². The number of unbranched alkanes of at least 4 members (excludes halogenated alkanes) is 2. The zero-order valence-electron chi connectivity index (χ0n) is 36.1. The van der Waals surface area contributed by atoms with Crippen LogP contribution >= 0.6 is 0 Å². The second kappa shape index (κ2) is 21.6. The Hall–Kier alpha value is -3.62. The maximum Gasteiger partial charge on any atom is 0.326 e. The van der Waals surface area contributed by atoms with Crippen molar-refractivity contribution in [1.29, 1.82) is 0 Å². The SMILES string of the molecule is CC(C)[Si](OC[C@@H]1OC(C)(C)O[C@H]1CCCCC[C@H](N)C(=O)N[C@@H](Cc1ccccc1)C(=O)N[C@@H](Cc1ccccc1)C(=O)N1CCC[C@@H]1C(=O)O)(C(C)C)C(C)C. The van der Waals surface area contributed by atoms with Gasteiger partial charge in [-0.25, -0.2) is 4.79 Å². The molecule has 0 unspecified atom stereocenters. The highest BCUT2D eigenvalue weighted by Crippen LogP contribution is 2.43. The smallest absolute Gasteiger partial charge is 0.326 e. The summed E-state index contributed by atoms with van der Waals surface area (Å²) in [6, 6.07) is 14.7. The summed E-state index contributed by atoms with van der Waals surface area (Å²) in [5, 5.41) is 15.6. The van der Waals surface area contributed by atoms with Crippen molar-refractivity contribution in [3.05, 3.63) is 71.8 Å².